The Labute approximate surface area is 234 Å². The second-order valence-corrected chi connectivity index (χ2v) is 9.86. The summed E-state index contributed by atoms with van der Waals surface area (Å²) >= 11 is 0. The second kappa shape index (κ2) is 9.17. The van der Waals surface area contributed by atoms with E-state index in [1.807, 2.05) is 91.0 Å². The molecular weight excluding hydrogens is 508 g/mol. The van der Waals surface area contributed by atoms with Gasteiger partial charge in [0.2, 0.25) is 0 Å². The summed E-state index contributed by atoms with van der Waals surface area (Å²) in [7, 11) is 0. The zero-order valence-electron chi connectivity index (χ0n) is 21.8. The fourth-order valence-corrected chi connectivity index (χ4v) is 5.33. The van der Waals surface area contributed by atoms with Crippen LogP contribution in [-0.4, -0.2) is 39.9 Å². The molecule has 41 heavy (non-hydrogen) atoms. The van der Waals surface area contributed by atoms with E-state index >= 15 is 0 Å². The van der Waals surface area contributed by atoms with Crippen molar-refractivity contribution in [2.45, 2.75) is 6.42 Å². The maximum atomic E-state index is 5.03. The minimum Gasteiger partial charge on any atom is -0.325 e. The number of fused-ring (bicyclic) bond motifs is 15. The molecule has 2 N–H and O–H groups in total. The fraction of sp³-hybridized carbons (Fsp3) is 0.0303. The van der Waals surface area contributed by atoms with Gasteiger partial charge >= 0.3 is 0 Å². The molecule has 5 aromatic rings. The van der Waals surface area contributed by atoms with Crippen LogP contribution in [0.15, 0.2) is 97.1 Å². The topological polar surface area (TPSA) is 109 Å². The Morgan fingerprint density at radius 2 is 1.05 bits per heavy atom. The van der Waals surface area contributed by atoms with Gasteiger partial charge in [0.05, 0.1) is 0 Å². The number of allylic oxidation sites excluding steroid dienone is 4. The van der Waals surface area contributed by atoms with E-state index in [1.165, 1.54) is 0 Å². The average molecular weight is 531 g/mol. The quantitative estimate of drug-likeness (QED) is 0.279. The standard InChI is InChI=1S/C33H22N8/c1-19-34-27(20-11-3-2-4-12-20)36-29-23-15-7-8-16-24(23)31(38-29)40-33-26-18-10-9-17-25(26)32(41-33)39-30-22-14-6-5-13-21(22)28(35-19)37-30/h2-11,13-18,34H,1,12H2,(H,35,36,37,38,39,40,41)/b27-20+. The summed E-state index contributed by atoms with van der Waals surface area (Å²) in [5.41, 5.74) is 6.97. The highest BCUT2D eigenvalue weighted by Gasteiger charge is 2.20. The van der Waals surface area contributed by atoms with Crippen LogP contribution in [0.2, 0.25) is 0 Å². The van der Waals surface area contributed by atoms with E-state index < -0.39 is 0 Å². The van der Waals surface area contributed by atoms with Crippen molar-refractivity contribution in [3.8, 4) is 45.6 Å². The van der Waals surface area contributed by atoms with Crippen LogP contribution in [0.3, 0.4) is 0 Å². The highest BCUT2D eigenvalue weighted by atomic mass is 15.0. The molecule has 8 nitrogen and oxygen atoms in total. The summed E-state index contributed by atoms with van der Waals surface area (Å²) in [5.74, 6) is 2.25. The number of hydrogen-bond acceptors (Lipinski definition) is 6. The lowest BCUT2D eigenvalue weighted by Crippen LogP contribution is -2.24. The summed E-state index contributed by atoms with van der Waals surface area (Å²) in [4.78, 5) is 36.3. The average Bonchev–Trinajstić information content (AvgIpc) is 3.65. The van der Waals surface area contributed by atoms with Gasteiger partial charge in [0.15, 0.2) is 23.3 Å². The second-order valence-electron chi connectivity index (χ2n) is 9.86. The number of nitrogens with zero attached hydrogens (tertiary/aromatic N) is 6. The first-order valence-electron chi connectivity index (χ1n) is 13.3. The van der Waals surface area contributed by atoms with Crippen LogP contribution < -0.4 is 11.0 Å². The highest BCUT2D eigenvalue weighted by Crippen LogP contribution is 2.34. The Hall–Kier alpha value is -5.76. The van der Waals surface area contributed by atoms with E-state index in [1.54, 1.807) is 0 Å². The largest absolute Gasteiger partial charge is 0.325 e. The molecule has 0 saturated heterocycles. The van der Waals surface area contributed by atoms with Gasteiger partial charge in [0, 0.05) is 33.0 Å². The zero-order chi connectivity index (χ0) is 27.3. The first kappa shape index (κ1) is 23.2. The zero-order valence-corrected chi connectivity index (χ0v) is 21.8. The number of aromatic nitrogens is 8. The van der Waals surface area contributed by atoms with E-state index in [0.29, 0.717) is 52.0 Å². The molecule has 0 atom stereocenters. The van der Waals surface area contributed by atoms with E-state index in [-0.39, 0.29) is 0 Å². The van der Waals surface area contributed by atoms with Crippen LogP contribution in [0.5, 0.6) is 0 Å². The molecule has 6 bridgehead atoms. The summed E-state index contributed by atoms with van der Waals surface area (Å²) in [5, 5.41) is 1.89. The maximum absolute atomic E-state index is 5.03. The summed E-state index contributed by atoms with van der Waals surface area (Å²) in [6.45, 7) is 4.21. The number of H-pyrrole nitrogens is 2. The van der Waals surface area contributed by atoms with E-state index in [9.17, 15) is 0 Å². The number of benzene rings is 3. The van der Waals surface area contributed by atoms with Gasteiger partial charge in [-0.2, -0.15) is 0 Å². The first-order chi connectivity index (χ1) is 20.2. The van der Waals surface area contributed by atoms with Gasteiger partial charge in [0.1, 0.15) is 22.3 Å². The van der Waals surface area contributed by atoms with Crippen LogP contribution in [-0.2, 0) is 0 Å². The Balaban J connectivity index is 1.57. The maximum Gasteiger partial charge on any atom is 0.164 e. The Bertz CT molecular complexity index is 2270. The van der Waals surface area contributed by atoms with Crippen molar-refractivity contribution in [1.29, 1.82) is 0 Å². The molecule has 0 radical (unpaired) electrons. The summed E-state index contributed by atoms with van der Waals surface area (Å²) < 4.78 is 0. The van der Waals surface area contributed by atoms with Gasteiger partial charge < -0.3 is 9.97 Å². The van der Waals surface area contributed by atoms with Crippen LogP contribution in [0, 0.1) is 0 Å². The van der Waals surface area contributed by atoms with Crippen LogP contribution in [0.25, 0.3) is 79.8 Å². The Kier molecular flexibility index (Phi) is 5.18. The van der Waals surface area contributed by atoms with Gasteiger partial charge in [0.25, 0.3) is 0 Å². The highest BCUT2D eigenvalue weighted by molar-refractivity contribution is 6.04. The molecule has 3 aliphatic rings. The molecule has 0 amide bonds. The molecule has 3 aromatic carbocycles. The van der Waals surface area contributed by atoms with Crippen molar-refractivity contribution in [1.82, 2.24) is 39.9 Å². The van der Waals surface area contributed by atoms with Crippen molar-refractivity contribution in [3.63, 3.8) is 0 Å². The molecule has 0 spiro atoms. The van der Waals surface area contributed by atoms with Gasteiger partial charge in [-0.1, -0.05) is 104 Å². The Morgan fingerprint density at radius 3 is 1.59 bits per heavy atom. The molecule has 0 saturated carbocycles. The predicted octanol–water partition coefficient (Wildman–Crippen LogP) is 5.20. The van der Waals surface area contributed by atoms with Crippen molar-refractivity contribution < 1.29 is 0 Å². The monoisotopic (exact) mass is 530 g/mol. The molecule has 2 aromatic heterocycles. The summed E-state index contributed by atoms with van der Waals surface area (Å²) in [6.07, 6.45) is 8.85. The van der Waals surface area contributed by atoms with Gasteiger partial charge in [-0.15, -0.1) is 0 Å². The lowest BCUT2D eigenvalue weighted by Gasteiger charge is -2.01. The fourth-order valence-electron chi connectivity index (χ4n) is 5.33. The van der Waals surface area contributed by atoms with Crippen LogP contribution in [0.1, 0.15) is 6.42 Å². The molecule has 0 fully saturated rings. The lowest BCUT2D eigenvalue weighted by molar-refractivity contribution is 1.00. The van der Waals surface area contributed by atoms with Crippen molar-refractivity contribution in [2.24, 2.45) is 0 Å². The third kappa shape index (κ3) is 3.92. The minimum atomic E-state index is 0.412. The van der Waals surface area contributed by atoms with Gasteiger partial charge in [-0.25, -0.2) is 29.9 Å². The number of rotatable bonds is 0. The first-order valence-corrected chi connectivity index (χ1v) is 13.3. The molecule has 8 rings (SSSR count). The number of hydrogen-bond donors (Lipinski definition) is 2. The van der Waals surface area contributed by atoms with Crippen molar-refractivity contribution >= 4 is 34.2 Å². The predicted molar refractivity (Wildman–Crippen MR) is 161 cm³/mol. The van der Waals surface area contributed by atoms with Gasteiger partial charge in [-0.3, -0.25) is 0 Å². The summed E-state index contributed by atoms with van der Waals surface area (Å²) in [6, 6.07) is 24.0. The van der Waals surface area contributed by atoms with Gasteiger partial charge in [-0.05, 0) is 12.0 Å². The third-order valence-electron chi connectivity index (χ3n) is 7.26. The van der Waals surface area contributed by atoms with E-state index in [0.717, 1.165) is 38.6 Å². The molecule has 8 heteroatoms. The SMILES string of the molecule is C=c1nc2nc(nc3[nH]c(nc4nc(n/c(=C5\C=CC=CC5)[nH]1)-c1ccccc1-4)c1ccccc31)-c1ccccc1-2. The van der Waals surface area contributed by atoms with Crippen molar-refractivity contribution in [2.75, 3.05) is 0 Å². The normalized spacial score (nSPS) is 14.4. The van der Waals surface area contributed by atoms with E-state index in [2.05, 4.69) is 22.6 Å². The molecular formula is C33H22N8. The minimum absolute atomic E-state index is 0.412. The van der Waals surface area contributed by atoms with Crippen molar-refractivity contribution in [3.05, 3.63) is 108 Å². The Morgan fingerprint density at radius 1 is 0.537 bits per heavy atom. The smallest absolute Gasteiger partial charge is 0.164 e. The number of aromatic amines is 2. The molecule has 0 unspecified atom stereocenters. The third-order valence-corrected chi connectivity index (χ3v) is 7.26. The van der Waals surface area contributed by atoms with E-state index in [4.69, 9.17) is 29.9 Å². The molecule has 2 aliphatic heterocycles. The molecule has 4 heterocycles. The lowest BCUT2D eigenvalue weighted by atomic mass is 10.1. The molecule has 1 aliphatic carbocycles. The molecule has 194 valence electrons. The van der Waals surface area contributed by atoms with Crippen LogP contribution >= 0.6 is 0 Å². The van der Waals surface area contributed by atoms with Crippen LogP contribution in [0.4, 0.5) is 0 Å². The number of nitrogens with one attached hydrogen (secondary N) is 2.